The molecule has 1 amide bonds. The summed E-state index contributed by atoms with van der Waals surface area (Å²) in [7, 11) is 0. The first-order valence-electron chi connectivity index (χ1n) is 7.56. The maximum Gasteiger partial charge on any atom is 0.250 e. The maximum absolute atomic E-state index is 12.0. The van der Waals surface area contributed by atoms with Gasteiger partial charge in [0, 0.05) is 11.8 Å². The highest BCUT2D eigenvalue weighted by molar-refractivity contribution is 5.92. The zero-order valence-electron chi connectivity index (χ0n) is 13.5. The van der Waals surface area contributed by atoms with Gasteiger partial charge in [-0.3, -0.25) is 4.79 Å². The molecule has 0 aliphatic rings. The van der Waals surface area contributed by atoms with Crippen molar-refractivity contribution in [2.75, 3.05) is 11.9 Å². The van der Waals surface area contributed by atoms with Crippen molar-refractivity contribution in [3.8, 4) is 11.5 Å². The molecule has 1 N–H and O–H groups in total. The van der Waals surface area contributed by atoms with Crippen LogP contribution in [0.5, 0.6) is 0 Å². The van der Waals surface area contributed by atoms with Gasteiger partial charge in [0.15, 0.2) is 5.76 Å². The number of hydrogen-bond acceptors (Lipinski definition) is 5. The molecule has 0 atom stereocenters. The SMILES string of the molecule is Cc1ccc(C)c(NC(=O)COCc2cc(-c3ccco3)on2)c1. The predicted octanol–water partition coefficient (Wildman–Crippen LogP) is 3.71. The quantitative estimate of drug-likeness (QED) is 0.747. The molecule has 6 nitrogen and oxygen atoms in total. The molecule has 0 aliphatic carbocycles. The van der Waals surface area contributed by atoms with Crippen LogP contribution >= 0.6 is 0 Å². The van der Waals surface area contributed by atoms with Crippen molar-refractivity contribution < 1.29 is 18.5 Å². The van der Waals surface area contributed by atoms with E-state index in [9.17, 15) is 4.79 Å². The van der Waals surface area contributed by atoms with Gasteiger partial charge in [0.05, 0.1) is 12.9 Å². The van der Waals surface area contributed by atoms with Crippen LogP contribution < -0.4 is 5.32 Å². The Balaban J connectivity index is 1.49. The molecule has 24 heavy (non-hydrogen) atoms. The van der Waals surface area contributed by atoms with E-state index >= 15 is 0 Å². The lowest BCUT2D eigenvalue weighted by Crippen LogP contribution is -2.18. The summed E-state index contributed by atoms with van der Waals surface area (Å²) in [5, 5.41) is 6.73. The molecule has 0 bridgehead atoms. The molecule has 0 unspecified atom stereocenters. The van der Waals surface area contributed by atoms with Gasteiger partial charge in [0.2, 0.25) is 11.7 Å². The third-order valence-electron chi connectivity index (χ3n) is 3.47. The largest absolute Gasteiger partial charge is 0.461 e. The second kappa shape index (κ2) is 7.14. The van der Waals surface area contributed by atoms with Crippen molar-refractivity contribution in [1.82, 2.24) is 5.16 Å². The molecule has 124 valence electrons. The van der Waals surface area contributed by atoms with Gasteiger partial charge in [0.1, 0.15) is 12.3 Å². The van der Waals surface area contributed by atoms with Gasteiger partial charge in [0.25, 0.3) is 0 Å². The number of benzene rings is 1. The smallest absolute Gasteiger partial charge is 0.250 e. The summed E-state index contributed by atoms with van der Waals surface area (Å²) in [5.74, 6) is 0.915. The fraction of sp³-hybridized carbons (Fsp3) is 0.222. The molecule has 0 radical (unpaired) electrons. The normalized spacial score (nSPS) is 10.8. The third-order valence-corrected chi connectivity index (χ3v) is 3.47. The van der Waals surface area contributed by atoms with Gasteiger partial charge in [-0.25, -0.2) is 0 Å². The summed E-state index contributed by atoms with van der Waals surface area (Å²) in [6.07, 6.45) is 1.56. The van der Waals surface area contributed by atoms with Gasteiger partial charge in [-0.1, -0.05) is 17.3 Å². The lowest BCUT2D eigenvalue weighted by atomic mass is 10.1. The van der Waals surface area contributed by atoms with Gasteiger partial charge in [-0.2, -0.15) is 0 Å². The van der Waals surface area contributed by atoms with E-state index in [0.717, 1.165) is 16.8 Å². The Kier molecular flexibility index (Phi) is 4.77. The number of hydrogen-bond donors (Lipinski definition) is 1. The van der Waals surface area contributed by atoms with Gasteiger partial charge < -0.3 is 19.0 Å². The van der Waals surface area contributed by atoms with E-state index in [0.29, 0.717) is 17.2 Å². The van der Waals surface area contributed by atoms with Crippen molar-refractivity contribution in [2.45, 2.75) is 20.5 Å². The highest BCUT2D eigenvalue weighted by Crippen LogP contribution is 2.21. The van der Waals surface area contributed by atoms with Gasteiger partial charge in [-0.05, 0) is 43.2 Å². The number of amides is 1. The molecule has 0 aliphatic heterocycles. The molecule has 3 aromatic rings. The average Bonchev–Trinajstić information content (AvgIpc) is 3.22. The Morgan fingerprint density at radius 2 is 2.08 bits per heavy atom. The molecule has 2 heterocycles. The number of aromatic nitrogens is 1. The summed E-state index contributed by atoms with van der Waals surface area (Å²) < 4.78 is 15.8. The van der Waals surface area contributed by atoms with E-state index in [1.165, 1.54) is 0 Å². The maximum atomic E-state index is 12.0. The van der Waals surface area contributed by atoms with E-state index in [2.05, 4.69) is 10.5 Å². The lowest BCUT2D eigenvalue weighted by Gasteiger charge is -2.09. The van der Waals surface area contributed by atoms with Crippen LogP contribution in [0, 0.1) is 13.8 Å². The number of aryl methyl sites for hydroxylation is 2. The van der Waals surface area contributed by atoms with Crippen molar-refractivity contribution in [1.29, 1.82) is 0 Å². The molecule has 0 saturated carbocycles. The number of nitrogens with zero attached hydrogens (tertiary/aromatic N) is 1. The van der Waals surface area contributed by atoms with Crippen LogP contribution in [0.1, 0.15) is 16.8 Å². The molecule has 0 fully saturated rings. The van der Waals surface area contributed by atoms with Crippen LogP contribution in [0.25, 0.3) is 11.5 Å². The minimum Gasteiger partial charge on any atom is -0.461 e. The number of carbonyl (C=O) groups excluding carboxylic acids is 1. The molecule has 0 spiro atoms. The topological polar surface area (TPSA) is 77.5 Å². The molecular weight excluding hydrogens is 308 g/mol. The van der Waals surface area contributed by atoms with Crippen LogP contribution in [0.3, 0.4) is 0 Å². The minimum atomic E-state index is -0.210. The second-order valence-electron chi connectivity index (χ2n) is 5.52. The number of rotatable bonds is 6. The van der Waals surface area contributed by atoms with E-state index in [4.69, 9.17) is 13.7 Å². The molecule has 1 aromatic carbocycles. The van der Waals surface area contributed by atoms with Crippen LogP contribution in [-0.2, 0) is 16.1 Å². The standard InChI is InChI=1S/C18H18N2O4/c1-12-5-6-13(2)15(8-12)19-18(21)11-22-10-14-9-17(24-20-14)16-4-3-7-23-16/h3-9H,10-11H2,1-2H3,(H,19,21). The lowest BCUT2D eigenvalue weighted by molar-refractivity contribution is -0.121. The number of nitrogens with one attached hydrogen (secondary N) is 1. The Labute approximate surface area is 139 Å². The summed E-state index contributed by atoms with van der Waals surface area (Å²) in [6, 6.07) is 11.2. The molecular formula is C18H18N2O4. The summed E-state index contributed by atoms with van der Waals surface area (Å²) >= 11 is 0. The first kappa shape index (κ1) is 16.0. The van der Waals surface area contributed by atoms with Crippen molar-refractivity contribution in [2.24, 2.45) is 0 Å². The summed E-state index contributed by atoms with van der Waals surface area (Å²) in [4.78, 5) is 12.0. The Morgan fingerprint density at radius 1 is 1.21 bits per heavy atom. The van der Waals surface area contributed by atoms with E-state index in [1.807, 2.05) is 32.0 Å². The van der Waals surface area contributed by atoms with Crippen LogP contribution in [-0.4, -0.2) is 17.7 Å². The molecule has 0 saturated heterocycles. The fourth-order valence-electron chi connectivity index (χ4n) is 2.22. The van der Waals surface area contributed by atoms with E-state index in [1.54, 1.807) is 24.5 Å². The number of anilines is 1. The van der Waals surface area contributed by atoms with Gasteiger partial charge in [-0.15, -0.1) is 0 Å². The zero-order chi connectivity index (χ0) is 16.9. The summed E-state index contributed by atoms with van der Waals surface area (Å²) in [5.41, 5.74) is 3.49. The highest BCUT2D eigenvalue weighted by atomic mass is 16.5. The molecule has 6 heteroatoms. The van der Waals surface area contributed by atoms with Crippen molar-refractivity contribution >= 4 is 11.6 Å². The van der Waals surface area contributed by atoms with Crippen molar-refractivity contribution in [3.63, 3.8) is 0 Å². The molecule has 2 aromatic heterocycles. The Morgan fingerprint density at radius 3 is 2.88 bits per heavy atom. The second-order valence-corrected chi connectivity index (χ2v) is 5.52. The Hall–Kier alpha value is -2.86. The predicted molar refractivity (Wildman–Crippen MR) is 88.4 cm³/mol. The van der Waals surface area contributed by atoms with Gasteiger partial charge >= 0.3 is 0 Å². The first-order valence-corrected chi connectivity index (χ1v) is 7.56. The minimum absolute atomic E-state index is 0.0592. The van der Waals surface area contributed by atoms with E-state index in [-0.39, 0.29) is 19.1 Å². The number of carbonyl (C=O) groups is 1. The average molecular weight is 326 g/mol. The summed E-state index contributed by atoms with van der Waals surface area (Å²) in [6.45, 7) is 4.05. The number of ether oxygens (including phenoxy) is 1. The Bertz CT molecular complexity index is 821. The number of furan rings is 1. The van der Waals surface area contributed by atoms with Crippen LogP contribution in [0.4, 0.5) is 5.69 Å². The first-order chi connectivity index (χ1) is 11.6. The third kappa shape index (κ3) is 3.91. The highest BCUT2D eigenvalue weighted by Gasteiger charge is 2.10. The van der Waals surface area contributed by atoms with E-state index < -0.39 is 0 Å². The van der Waals surface area contributed by atoms with Crippen molar-refractivity contribution in [3.05, 3.63) is 59.5 Å². The fourth-order valence-corrected chi connectivity index (χ4v) is 2.22. The van der Waals surface area contributed by atoms with Crippen LogP contribution in [0.15, 0.2) is 51.6 Å². The monoisotopic (exact) mass is 326 g/mol. The van der Waals surface area contributed by atoms with Crippen LogP contribution in [0.2, 0.25) is 0 Å². The zero-order valence-corrected chi connectivity index (χ0v) is 13.5. The molecule has 3 rings (SSSR count).